The maximum atomic E-state index is 11.4. The van der Waals surface area contributed by atoms with Crippen molar-refractivity contribution in [3.63, 3.8) is 0 Å². The minimum Gasteiger partial charge on any atom is -0.489 e. The van der Waals surface area contributed by atoms with Crippen molar-refractivity contribution in [2.45, 2.75) is 12.5 Å². The molecule has 0 saturated heterocycles. The van der Waals surface area contributed by atoms with Crippen molar-refractivity contribution in [3.05, 3.63) is 16.7 Å². The molecule has 0 aromatic carbocycles. The first kappa shape index (κ1) is 14.0. The Kier molecular flexibility index (Phi) is 5.12. The predicted octanol–water partition coefficient (Wildman–Crippen LogP) is -0.320. The van der Waals surface area contributed by atoms with Gasteiger partial charge in [0.1, 0.15) is 0 Å². The minimum absolute atomic E-state index is 0.0441. The van der Waals surface area contributed by atoms with Crippen LogP contribution in [0.5, 0.6) is 5.75 Å². The van der Waals surface area contributed by atoms with Crippen LogP contribution in [0.1, 0.15) is 6.42 Å². The summed E-state index contributed by atoms with van der Waals surface area (Å²) < 4.78 is 9.89. The van der Waals surface area contributed by atoms with Crippen LogP contribution < -0.4 is 15.6 Å². The summed E-state index contributed by atoms with van der Waals surface area (Å²) in [6, 6.07) is 0. The standard InChI is InChI=1S/C10H15N3O5/c1-17-6(3-7(14)15)4-11-9-8(18-2)10(16)13-5-12-9/h5-6H,3-4H2,1-2H3,(H,14,15)(H2,11,12,13,16). The average molecular weight is 257 g/mol. The van der Waals surface area contributed by atoms with Crippen LogP contribution in [0, 0.1) is 0 Å². The van der Waals surface area contributed by atoms with E-state index in [1.54, 1.807) is 0 Å². The van der Waals surface area contributed by atoms with Gasteiger partial charge in [0.25, 0.3) is 5.56 Å². The zero-order chi connectivity index (χ0) is 13.5. The number of aromatic nitrogens is 2. The summed E-state index contributed by atoms with van der Waals surface area (Å²) in [5.74, 6) is -0.675. The molecule has 0 bridgehead atoms. The van der Waals surface area contributed by atoms with Gasteiger partial charge < -0.3 is 24.9 Å². The molecule has 1 heterocycles. The van der Waals surface area contributed by atoms with Gasteiger partial charge in [-0.15, -0.1) is 0 Å². The number of nitrogens with zero attached hydrogens (tertiary/aromatic N) is 1. The van der Waals surface area contributed by atoms with E-state index >= 15 is 0 Å². The number of carbonyl (C=O) groups is 1. The minimum atomic E-state index is -0.963. The van der Waals surface area contributed by atoms with Gasteiger partial charge in [0.2, 0.25) is 5.75 Å². The number of methoxy groups -OCH3 is 2. The smallest absolute Gasteiger partial charge is 0.306 e. The van der Waals surface area contributed by atoms with Crippen LogP contribution in [-0.4, -0.2) is 47.9 Å². The van der Waals surface area contributed by atoms with Crippen molar-refractivity contribution >= 4 is 11.8 Å². The molecule has 1 rings (SSSR count). The summed E-state index contributed by atoms with van der Waals surface area (Å²) in [5, 5.41) is 11.5. The number of anilines is 1. The molecular formula is C10H15N3O5. The molecule has 1 aromatic rings. The molecule has 1 aromatic heterocycles. The topological polar surface area (TPSA) is 114 Å². The summed E-state index contributed by atoms with van der Waals surface area (Å²) in [6.45, 7) is 0.204. The van der Waals surface area contributed by atoms with Gasteiger partial charge in [-0.25, -0.2) is 4.98 Å². The summed E-state index contributed by atoms with van der Waals surface area (Å²) in [7, 11) is 2.76. The Hall–Kier alpha value is -2.09. The second kappa shape index (κ2) is 6.60. The molecule has 0 fully saturated rings. The molecule has 100 valence electrons. The monoisotopic (exact) mass is 257 g/mol. The van der Waals surface area contributed by atoms with E-state index in [0.29, 0.717) is 0 Å². The Morgan fingerprint density at radius 3 is 2.89 bits per heavy atom. The van der Waals surface area contributed by atoms with E-state index < -0.39 is 17.6 Å². The van der Waals surface area contributed by atoms with Crippen molar-refractivity contribution in [1.82, 2.24) is 9.97 Å². The summed E-state index contributed by atoms with van der Waals surface area (Å²) >= 11 is 0. The second-order valence-electron chi connectivity index (χ2n) is 3.45. The summed E-state index contributed by atoms with van der Waals surface area (Å²) in [5.41, 5.74) is -0.415. The van der Waals surface area contributed by atoms with Gasteiger partial charge in [-0.2, -0.15) is 0 Å². The van der Waals surface area contributed by atoms with Crippen LogP contribution in [0.15, 0.2) is 11.1 Å². The maximum absolute atomic E-state index is 11.4. The quantitative estimate of drug-likeness (QED) is 0.613. The fourth-order valence-electron chi connectivity index (χ4n) is 1.35. The molecule has 0 aliphatic carbocycles. The van der Waals surface area contributed by atoms with Gasteiger partial charge >= 0.3 is 5.97 Å². The number of rotatable bonds is 7. The third kappa shape index (κ3) is 3.74. The lowest BCUT2D eigenvalue weighted by molar-refractivity contribution is -0.139. The molecule has 0 amide bonds. The van der Waals surface area contributed by atoms with Gasteiger partial charge in [0, 0.05) is 13.7 Å². The third-order valence-electron chi connectivity index (χ3n) is 2.25. The van der Waals surface area contributed by atoms with Crippen molar-refractivity contribution < 1.29 is 19.4 Å². The number of nitrogens with one attached hydrogen (secondary N) is 2. The van der Waals surface area contributed by atoms with Crippen molar-refractivity contribution in [2.24, 2.45) is 0 Å². The molecule has 0 aliphatic heterocycles. The Morgan fingerprint density at radius 2 is 2.33 bits per heavy atom. The highest BCUT2D eigenvalue weighted by molar-refractivity contribution is 5.67. The van der Waals surface area contributed by atoms with Gasteiger partial charge in [-0.3, -0.25) is 9.59 Å². The molecule has 0 spiro atoms. The van der Waals surface area contributed by atoms with Gasteiger partial charge in [0.15, 0.2) is 5.82 Å². The van der Waals surface area contributed by atoms with Crippen LogP contribution >= 0.6 is 0 Å². The van der Waals surface area contributed by atoms with Gasteiger partial charge in [-0.05, 0) is 0 Å². The fraction of sp³-hybridized carbons (Fsp3) is 0.500. The predicted molar refractivity (Wildman–Crippen MR) is 62.9 cm³/mol. The zero-order valence-corrected chi connectivity index (χ0v) is 10.1. The Bertz CT molecular complexity index is 459. The molecular weight excluding hydrogens is 242 g/mol. The molecule has 0 saturated carbocycles. The second-order valence-corrected chi connectivity index (χ2v) is 3.45. The van der Waals surface area contributed by atoms with Gasteiger partial charge in [-0.1, -0.05) is 0 Å². The first-order valence-electron chi connectivity index (χ1n) is 5.18. The number of carboxylic acids is 1. The van der Waals surface area contributed by atoms with Crippen molar-refractivity contribution in [3.8, 4) is 5.75 Å². The summed E-state index contributed by atoms with van der Waals surface area (Å²) in [6.07, 6.45) is 0.564. The largest absolute Gasteiger partial charge is 0.489 e. The number of H-pyrrole nitrogens is 1. The van der Waals surface area contributed by atoms with E-state index in [1.807, 2.05) is 0 Å². The highest BCUT2D eigenvalue weighted by atomic mass is 16.5. The highest BCUT2D eigenvalue weighted by Gasteiger charge is 2.14. The fourth-order valence-corrected chi connectivity index (χ4v) is 1.35. The Labute approximate surface area is 103 Å². The van der Waals surface area contributed by atoms with E-state index in [1.165, 1.54) is 20.5 Å². The molecule has 1 unspecified atom stereocenters. The van der Waals surface area contributed by atoms with Crippen molar-refractivity contribution in [1.29, 1.82) is 0 Å². The number of carboxylic acid groups (broad SMARTS) is 1. The van der Waals surface area contributed by atoms with Crippen LogP contribution in [0.25, 0.3) is 0 Å². The highest BCUT2D eigenvalue weighted by Crippen LogP contribution is 2.14. The number of ether oxygens (including phenoxy) is 2. The zero-order valence-electron chi connectivity index (χ0n) is 10.1. The molecule has 18 heavy (non-hydrogen) atoms. The molecule has 1 atom stereocenters. The van der Waals surface area contributed by atoms with E-state index in [2.05, 4.69) is 15.3 Å². The van der Waals surface area contributed by atoms with Gasteiger partial charge in [0.05, 0.1) is 26.0 Å². The molecule has 3 N–H and O–H groups in total. The van der Waals surface area contributed by atoms with E-state index in [0.717, 1.165) is 0 Å². The van der Waals surface area contributed by atoms with Crippen LogP contribution in [-0.2, 0) is 9.53 Å². The first-order chi connectivity index (χ1) is 8.58. The molecule has 0 radical (unpaired) electrons. The Morgan fingerprint density at radius 1 is 1.61 bits per heavy atom. The molecule has 8 nitrogen and oxygen atoms in total. The first-order valence-corrected chi connectivity index (χ1v) is 5.18. The molecule has 0 aliphatic rings. The average Bonchev–Trinajstić information content (AvgIpc) is 2.34. The normalized spacial score (nSPS) is 11.9. The van der Waals surface area contributed by atoms with E-state index in [-0.39, 0.29) is 24.5 Å². The lowest BCUT2D eigenvalue weighted by Gasteiger charge is -2.15. The van der Waals surface area contributed by atoms with Crippen molar-refractivity contribution in [2.75, 3.05) is 26.1 Å². The van der Waals surface area contributed by atoms with E-state index in [4.69, 9.17) is 14.6 Å². The molecule has 8 heteroatoms. The maximum Gasteiger partial charge on any atom is 0.306 e. The Balaban J connectivity index is 2.70. The lowest BCUT2D eigenvalue weighted by atomic mass is 10.2. The SMILES string of the molecule is COc1c(NCC(CC(=O)O)OC)nc[nH]c1=O. The third-order valence-corrected chi connectivity index (χ3v) is 2.25. The number of hydrogen-bond donors (Lipinski definition) is 3. The van der Waals surface area contributed by atoms with Crippen LogP contribution in [0.2, 0.25) is 0 Å². The summed E-state index contributed by atoms with van der Waals surface area (Å²) in [4.78, 5) is 28.2. The number of aliphatic carboxylic acids is 1. The van der Waals surface area contributed by atoms with E-state index in [9.17, 15) is 9.59 Å². The van der Waals surface area contributed by atoms with Crippen LogP contribution in [0.4, 0.5) is 5.82 Å². The lowest BCUT2D eigenvalue weighted by Crippen LogP contribution is -2.26. The number of hydrogen-bond acceptors (Lipinski definition) is 6. The number of aromatic amines is 1. The van der Waals surface area contributed by atoms with Crippen LogP contribution in [0.3, 0.4) is 0 Å².